The lowest BCUT2D eigenvalue weighted by Crippen LogP contribution is -3.00. The number of hydrogen-bond acceptors (Lipinski definition) is 4. The molecule has 0 fully saturated rings. The van der Waals surface area contributed by atoms with Crippen molar-refractivity contribution in [1.82, 2.24) is 4.98 Å². The number of rotatable bonds is 4. The summed E-state index contributed by atoms with van der Waals surface area (Å²) in [6.45, 7) is 0. The number of nitrogens with one attached hydrogen (secondary N) is 1. The van der Waals surface area contributed by atoms with Crippen molar-refractivity contribution in [3.63, 3.8) is 0 Å². The first-order valence-electron chi connectivity index (χ1n) is 6.47. The zero-order valence-electron chi connectivity index (χ0n) is 11.7. The minimum absolute atomic E-state index is 0. The third-order valence-corrected chi connectivity index (χ3v) is 4.16. The lowest BCUT2D eigenvalue weighted by atomic mass is 10.2. The van der Waals surface area contributed by atoms with Crippen molar-refractivity contribution in [2.24, 2.45) is 5.10 Å². The highest BCUT2D eigenvalue weighted by Crippen LogP contribution is 2.25. The van der Waals surface area contributed by atoms with Gasteiger partial charge in [0, 0.05) is 15.4 Å². The van der Waals surface area contributed by atoms with Crippen molar-refractivity contribution in [1.29, 1.82) is 0 Å². The Bertz CT molecular complexity index is 786. The first-order valence-corrected chi connectivity index (χ1v) is 8.14. The van der Waals surface area contributed by atoms with Crippen LogP contribution in [0.5, 0.6) is 0 Å². The van der Waals surface area contributed by atoms with Crippen molar-refractivity contribution < 1.29 is 21.4 Å². The molecule has 0 aliphatic rings. The van der Waals surface area contributed by atoms with E-state index < -0.39 is 0 Å². The molecule has 2 aromatic carbocycles. The Morgan fingerprint density at radius 2 is 1.78 bits per heavy atom. The Labute approximate surface area is 156 Å². The van der Waals surface area contributed by atoms with E-state index in [-0.39, 0.29) is 22.8 Å². The summed E-state index contributed by atoms with van der Waals surface area (Å²) in [6.07, 6.45) is 1.63. The summed E-state index contributed by atoms with van der Waals surface area (Å²) in [5, 5.41) is 6.78. The summed E-state index contributed by atoms with van der Waals surface area (Å²) in [6, 6.07) is 14.1. The zero-order valence-corrected chi connectivity index (χ0v) is 15.7. The van der Waals surface area contributed by atoms with Crippen molar-refractivity contribution >= 4 is 38.6 Å². The predicted octanol–water partition coefficient (Wildman–Crippen LogP) is 2.16. The maximum atomic E-state index is 12.8. The van der Waals surface area contributed by atoms with Crippen LogP contribution in [0.2, 0.25) is 0 Å². The van der Waals surface area contributed by atoms with Crippen LogP contribution in [0, 0.1) is 5.82 Å². The van der Waals surface area contributed by atoms with Gasteiger partial charge in [0.25, 0.3) is 0 Å². The fraction of sp³-hybridized carbons (Fsp3) is 0. The normalized spacial score (nSPS) is 10.5. The van der Waals surface area contributed by atoms with Crippen LogP contribution >= 0.6 is 27.3 Å². The number of hydrazone groups is 1. The van der Waals surface area contributed by atoms with Gasteiger partial charge in [-0.1, -0.05) is 40.2 Å². The van der Waals surface area contributed by atoms with E-state index in [0.717, 1.165) is 21.3 Å². The molecule has 0 amide bonds. The Kier molecular flexibility index (Phi) is 6.44. The van der Waals surface area contributed by atoms with Gasteiger partial charge in [-0.15, -0.1) is 11.3 Å². The molecule has 23 heavy (non-hydrogen) atoms. The van der Waals surface area contributed by atoms with Gasteiger partial charge < -0.3 is 17.0 Å². The minimum atomic E-state index is -0.260. The van der Waals surface area contributed by atoms with E-state index >= 15 is 0 Å². The molecule has 0 unspecified atom stereocenters. The molecule has 1 aromatic heterocycles. The second-order valence-electron chi connectivity index (χ2n) is 4.47. The maximum Gasteiger partial charge on any atom is 0.203 e. The first kappa shape index (κ1) is 17.8. The van der Waals surface area contributed by atoms with Crippen LogP contribution in [0.25, 0.3) is 11.3 Å². The smallest absolute Gasteiger partial charge is 0.203 e. The van der Waals surface area contributed by atoms with Crippen LogP contribution in [-0.4, -0.2) is 11.2 Å². The summed E-state index contributed by atoms with van der Waals surface area (Å²) in [5.74, 6) is -0.260. The van der Waals surface area contributed by atoms with Gasteiger partial charge in [-0.2, -0.15) is 5.10 Å². The summed E-state index contributed by atoms with van der Waals surface area (Å²) < 4.78 is 13.8. The molecule has 0 bridgehead atoms. The molecule has 3 rings (SSSR count). The van der Waals surface area contributed by atoms with Crippen molar-refractivity contribution in [3.8, 4) is 11.3 Å². The Morgan fingerprint density at radius 1 is 1.09 bits per heavy atom. The maximum absolute atomic E-state index is 12.8. The monoisotopic (exact) mass is 454 g/mol. The van der Waals surface area contributed by atoms with Crippen molar-refractivity contribution in [3.05, 3.63) is 69.8 Å². The molecule has 1 N–H and O–H groups in total. The van der Waals surface area contributed by atoms with Gasteiger partial charge in [0.05, 0.1) is 11.9 Å². The fourth-order valence-electron chi connectivity index (χ4n) is 1.79. The molecule has 3 nitrogen and oxygen atoms in total. The molecule has 7 heteroatoms. The van der Waals surface area contributed by atoms with Crippen LogP contribution in [0.4, 0.5) is 9.52 Å². The topological polar surface area (TPSA) is 37.3 Å². The molecule has 1 heterocycles. The number of benzene rings is 2. The predicted molar refractivity (Wildman–Crippen MR) is 92.9 cm³/mol. The molecular weight excluding hydrogens is 445 g/mol. The van der Waals surface area contributed by atoms with Crippen molar-refractivity contribution in [2.75, 3.05) is 5.43 Å². The number of nitrogens with zero attached hydrogens (tertiary/aromatic N) is 2. The quantitative estimate of drug-likeness (QED) is 0.483. The van der Waals surface area contributed by atoms with Crippen molar-refractivity contribution in [2.45, 2.75) is 0 Å². The Hall–Kier alpha value is -1.57. The van der Waals surface area contributed by atoms with Gasteiger partial charge in [0.1, 0.15) is 5.82 Å². The second-order valence-corrected chi connectivity index (χ2v) is 6.24. The summed E-state index contributed by atoms with van der Waals surface area (Å²) >= 11 is 4.89. The zero-order chi connectivity index (χ0) is 15.4. The number of hydrogen-bond donors (Lipinski definition) is 1. The highest BCUT2D eigenvalue weighted by atomic mass is 79.9. The molecule has 0 saturated heterocycles. The SMILES string of the molecule is Fc1ccc(/C=N/Nc2nc(-c3ccc(Br)cc3)cs2)cc1.[Br-]. The Morgan fingerprint density at radius 3 is 2.48 bits per heavy atom. The first-order chi connectivity index (χ1) is 10.7. The minimum Gasteiger partial charge on any atom is -1.00 e. The van der Waals surface area contributed by atoms with Gasteiger partial charge in [-0.25, -0.2) is 9.37 Å². The number of thiazole rings is 1. The second kappa shape index (κ2) is 8.33. The molecule has 0 spiro atoms. The van der Waals surface area contributed by atoms with Gasteiger partial charge in [0.15, 0.2) is 0 Å². The van der Waals surface area contributed by atoms with E-state index in [1.165, 1.54) is 23.5 Å². The average Bonchev–Trinajstić information content (AvgIpc) is 2.99. The molecule has 3 aromatic rings. The molecule has 0 aliphatic carbocycles. The Balaban J connectivity index is 0.00000192. The van der Waals surface area contributed by atoms with Crippen LogP contribution in [0.1, 0.15) is 5.56 Å². The van der Waals surface area contributed by atoms with Gasteiger partial charge >= 0.3 is 0 Å². The largest absolute Gasteiger partial charge is 1.00 e. The highest BCUT2D eigenvalue weighted by molar-refractivity contribution is 9.10. The lowest BCUT2D eigenvalue weighted by Gasteiger charge is -1.97. The van der Waals surface area contributed by atoms with Crippen LogP contribution in [0.15, 0.2) is 63.5 Å². The summed E-state index contributed by atoms with van der Waals surface area (Å²) in [7, 11) is 0. The standard InChI is InChI=1S/C16H11BrFN3S.BrH/c17-13-5-3-12(4-6-13)15-10-22-16(20-15)21-19-9-11-1-7-14(18)8-2-11;/h1-10H,(H,20,21);1H/p-1/b19-9+;. The summed E-state index contributed by atoms with van der Waals surface area (Å²) in [4.78, 5) is 4.47. The van der Waals surface area contributed by atoms with E-state index in [4.69, 9.17) is 0 Å². The molecular formula is C16H11Br2FN3S-. The van der Waals surface area contributed by atoms with Gasteiger partial charge in [-0.3, -0.25) is 5.43 Å². The highest BCUT2D eigenvalue weighted by Gasteiger charge is 2.03. The van der Waals surface area contributed by atoms with E-state index in [2.05, 4.69) is 31.4 Å². The number of anilines is 1. The summed E-state index contributed by atoms with van der Waals surface area (Å²) in [5.41, 5.74) is 5.65. The van der Waals surface area contributed by atoms with Crippen LogP contribution in [0.3, 0.4) is 0 Å². The van der Waals surface area contributed by atoms with E-state index in [1.807, 2.05) is 29.6 Å². The van der Waals surface area contributed by atoms with Crippen LogP contribution in [-0.2, 0) is 0 Å². The third kappa shape index (κ3) is 4.95. The molecule has 0 aliphatic heterocycles. The van der Waals surface area contributed by atoms with E-state index in [1.54, 1.807) is 18.3 Å². The van der Waals surface area contributed by atoms with Gasteiger partial charge in [0.2, 0.25) is 5.13 Å². The lowest BCUT2D eigenvalue weighted by molar-refractivity contribution is -0.00000479. The van der Waals surface area contributed by atoms with E-state index in [0.29, 0.717) is 5.13 Å². The third-order valence-electron chi connectivity index (χ3n) is 2.89. The molecule has 0 radical (unpaired) electrons. The molecule has 0 saturated carbocycles. The van der Waals surface area contributed by atoms with Gasteiger partial charge in [-0.05, 0) is 29.8 Å². The van der Waals surface area contributed by atoms with E-state index in [9.17, 15) is 4.39 Å². The molecule has 0 atom stereocenters. The van der Waals surface area contributed by atoms with Crippen LogP contribution < -0.4 is 22.4 Å². The number of aromatic nitrogens is 1. The average molecular weight is 456 g/mol. The number of halogens is 3. The fourth-order valence-corrected chi connectivity index (χ4v) is 2.72. The molecule has 118 valence electrons.